The second-order valence-corrected chi connectivity index (χ2v) is 6.86. The number of urea groups is 1. The molecule has 2 aromatic rings. The van der Waals surface area contributed by atoms with Crippen molar-refractivity contribution in [1.82, 2.24) is 20.2 Å². The van der Waals surface area contributed by atoms with Crippen molar-refractivity contribution < 1.29 is 9.59 Å². The zero-order chi connectivity index (χ0) is 18.2. The molecule has 2 rings (SSSR count). The van der Waals surface area contributed by atoms with Crippen LogP contribution in [0.15, 0.2) is 41.8 Å². The smallest absolute Gasteiger partial charge is 0.321 e. The summed E-state index contributed by atoms with van der Waals surface area (Å²) < 4.78 is 1.93. The number of carbonyl (C=O) groups is 2. The van der Waals surface area contributed by atoms with Gasteiger partial charge in [0.25, 0.3) is 0 Å². The highest BCUT2D eigenvalue weighted by molar-refractivity contribution is 7.99. The number of thioether (sulfide) groups is 1. The first-order valence-electron chi connectivity index (χ1n) is 8.35. The average molecular weight is 360 g/mol. The third-order valence-corrected chi connectivity index (χ3v) is 4.53. The van der Waals surface area contributed by atoms with Gasteiger partial charge in [-0.15, -0.1) is 0 Å². The van der Waals surface area contributed by atoms with Crippen LogP contribution < -0.4 is 10.6 Å². The Balaban J connectivity index is 1.95. The summed E-state index contributed by atoms with van der Waals surface area (Å²) in [5.74, 6) is 0.261. The van der Waals surface area contributed by atoms with Gasteiger partial charge in [-0.05, 0) is 30.0 Å². The Kier molecular flexibility index (Phi) is 7.06. The summed E-state index contributed by atoms with van der Waals surface area (Å²) in [5, 5.41) is 5.63. The summed E-state index contributed by atoms with van der Waals surface area (Å²) in [6, 6.07) is 7.82. The average Bonchev–Trinajstić information content (AvgIpc) is 3.06. The van der Waals surface area contributed by atoms with E-state index in [-0.39, 0.29) is 11.7 Å². The highest BCUT2D eigenvalue weighted by Crippen LogP contribution is 2.22. The van der Waals surface area contributed by atoms with Crippen LogP contribution in [0.1, 0.15) is 38.7 Å². The fourth-order valence-corrected chi connectivity index (χ4v) is 2.96. The van der Waals surface area contributed by atoms with Crippen molar-refractivity contribution in [3.05, 3.63) is 42.2 Å². The minimum absolute atomic E-state index is 0.126. The van der Waals surface area contributed by atoms with Gasteiger partial charge in [-0.1, -0.05) is 44.7 Å². The van der Waals surface area contributed by atoms with E-state index in [4.69, 9.17) is 0 Å². The molecule has 25 heavy (non-hydrogen) atoms. The van der Waals surface area contributed by atoms with Crippen LogP contribution in [0.5, 0.6) is 0 Å². The van der Waals surface area contributed by atoms with E-state index in [1.165, 1.54) is 17.3 Å². The molecule has 0 unspecified atom stereocenters. The Morgan fingerprint density at radius 2 is 1.96 bits per heavy atom. The SMILES string of the molecule is CCCNC(=O)NC(=O)CSc1nccn1-c1ccc(C(C)C)cc1. The van der Waals surface area contributed by atoms with Crippen molar-refractivity contribution in [3.8, 4) is 5.69 Å². The van der Waals surface area contributed by atoms with E-state index in [0.717, 1.165) is 12.1 Å². The van der Waals surface area contributed by atoms with Crippen LogP contribution in [0, 0.1) is 0 Å². The Morgan fingerprint density at radius 3 is 2.60 bits per heavy atom. The van der Waals surface area contributed by atoms with Crippen LogP contribution in [-0.2, 0) is 4.79 Å². The molecule has 0 aliphatic heterocycles. The monoisotopic (exact) mass is 360 g/mol. The summed E-state index contributed by atoms with van der Waals surface area (Å²) in [6.07, 6.45) is 4.38. The Bertz CT molecular complexity index is 710. The summed E-state index contributed by atoms with van der Waals surface area (Å²) in [4.78, 5) is 27.6. The lowest BCUT2D eigenvalue weighted by molar-refractivity contribution is -0.117. The van der Waals surface area contributed by atoms with Crippen LogP contribution >= 0.6 is 11.8 Å². The summed E-state index contributed by atoms with van der Waals surface area (Å²) in [5.41, 5.74) is 2.26. The number of rotatable bonds is 7. The first-order chi connectivity index (χ1) is 12.0. The summed E-state index contributed by atoms with van der Waals surface area (Å²) in [7, 11) is 0. The van der Waals surface area contributed by atoms with E-state index >= 15 is 0 Å². The first kappa shape index (κ1) is 19.1. The minimum Gasteiger partial charge on any atom is -0.338 e. The molecule has 6 nitrogen and oxygen atoms in total. The predicted octanol–water partition coefficient (Wildman–Crippen LogP) is 3.32. The van der Waals surface area contributed by atoms with E-state index in [9.17, 15) is 9.59 Å². The van der Waals surface area contributed by atoms with Crippen molar-refractivity contribution >= 4 is 23.7 Å². The van der Waals surface area contributed by atoms with Crippen LogP contribution in [-0.4, -0.2) is 33.8 Å². The van der Waals surface area contributed by atoms with Crippen molar-refractivity contribution in [3.63, 3.8) is 0 Å². The standard InChI is InChI=1S/C18H24N4O2S/c1-4-9-19-17(24)21-16(23)12-25-18-20-10-11-22(18)15-7-5-14(6-8-15)13(2)3/h5-8,10-11,13H,4,9,12H2,1-3H3,(H2,19,21,23,24). The fourth-order valence-electron chi connectivity index (χ4n) is 2.19. The van der Waals surface area contributed by atoms with Gasteiger partial charge in [-0.2, -0.15) is 0 Å². The van der Waals surface area contributed by atoms with Crippen LogP contribution in [0.3, 0.4) is 0 Å². The van der Waals surface area contributed by atoms with Gasteiger partial charge in [0.05, 0.1) is 5.75 Å². The number of carbonyl (C=O) groups excluding carboxylic acids is 2. The molecule has 7 heteroatoms. The zero-order valence-electron chi connectivity index (χ0n) is 14.8. The lowest BCUT2D eigenvalue weighted by Crippen LogP contribution is -2.40. The third-order valence-electron chi connectivity index (χ3n) is 3.57. The van der Waals surface area contributed by atoms with Crippen molar-refractivity contribution in [2.24, 2.45) is 0 Å². The van der Waals surface area contributed by atoms with Gasteiger partial charge in [-0.25, -0.2) is 9.78 Å². The lowest BCUT2D eigenvalue weighted by Gasteiger charge is -2.10. The van der Waals surface area contributed by atoms with E-state index in [1.807, 2.05) is 29.8 Å². The largest absolute Gasteiger partial charge is 0.338 e. The number of amides is 3. The molecule has 1 aromatic carbocycles. The molecule has 0 aliphatic carbocycles. The quantitative estimate of drug-likeness (QED) is 0.743. The highest BCUT2D eigenvalue weighted by atomic mass is 32.2. The lowest BCUT2D eigenvalue weighted by atomic mass is 10.0. The van der Waals surface area contributed by atoms with Gasteiger partial charge in [0.15, 0.2) is 5.16 Å². The van der Waals surface area contributed by atoms with Crippen LogP contribution in [0.2, 0.25) is 0 Å². The minimum atomic E-state index is -0.458. The third kappa shape index (κ3) is 5.63. The van der Waals surface area contributed by atoms with Crippen molar-refractivity contribution in [1.29, 1.82) is 0 Å². The van der Waals surface area contributed by atoms with E-state index in [0.29, 0.717) is 17.6 Å². The highest BCUT2D eigenvalue weighted by Gasteiger charge is 2.11. The van der Waals surface area contributed by atoms with Gasteiger partial charge in [0.2, 0.25) is 5.91 Å². The van der Waals surface area contributed by atoms with Crippen LogP contribution in [0.25, 0.3) is 5.69 Å². The zero-order valence-corrected chi connectivity index (χ0v) is 15.6. The molecule has 3 amide bonds. The Labute approximate surface area is 152 Å². The number of imide groups is 1. The number of hydrogen-bond donors (Lipinski definition) is 2. The molecule has 1 heterocycles. The van der Waals surface area contributed by atoms with Crippen LogP contribution in [0.4, 0.5) is 4.79 Å². The number of aromatic nitrogens is 2. The summed E-state index contributed by atoms with van der Waals surface area (Å²) >= 11 is 1.29. The van der Waals surface area contributed by atoms with Crippen molar-refractivity contribution in [2.45, 2.75) is 38.3 Å². The Morgan fingerprint density at radius 1 is 1.24 bits per heavy atom. The molecule has 134 valence electrons. The molecule has 0 saturated heterocycles. The Hall–Kier alpha value is -2.28. The molecule has 0 fully saturated rings. The molecule has 2 N–H and O–H groups in total. The molecule has 0 saturated carbocycles. The van der Waals surface area contributed by atoms with Gasteiger partial charge >= 0.3 is 6.03 Å². The van der Waals surface area contributed by atoms with E-state index < -0.39 is 6.03 Å². The molecule has 0 atom stereocenters. The second kappa shape index (κ2) is 9.27. The van der Waals surface area contributed by atoms with Gasteiger partial charge in [-0.3, -0.25) is 14.7 Å². The normalized spacial score (nSPS) is 10.7. The molecular weight excluding hydrogens is 336 g/mol. The van der Waals surface area contributed by atoms with Gasteiger partial charge in [0.1, 0.15) is 0 Å². The number of benzene rings is 1. The van der Waals surface area contributed by atoms with E-state index in [1.54, 1.807) is 6.20 Å². The second-order valence-electron chi connectivity index (χ2n) is 5.92. The molecular formula is C18H24N4O2S. The topological polar surface area (TPSA) is 76.0 Å². The fraction of sp³-hybridized carbons (Fsp3) is 0.389. The molecule has 1 aromatic heterocycles. The van der Waals surface area contributed by atoms with E-state index in [2.05, 4.69) is 41.6 Å². The number of imidazole rings is 1. The predicted molar refractivity (Wildman–Crippen MR) is 100 cm³/mol. The summed E-state index contributed by atoms with van der Waals surface area (Å²) in [6.45, 7) is 6.81. The molecule has 0 spiro atoms. The first-order valence-corrected chi connectivity index (χ1v) is 9.34. The van der Waals surface area contributed by atoms with Gasteiger partial charge in [0, 0.05) is 24.6 Å². The number of nitrogens with zero attached hydrogens (tertiary/aromatic N) is 2. The maximum atomic E-state index is 11.8. The maximum Gasteiger partial charge on any atom is 0.321 e. The molecule has 0 aliphatic rings. The molecule has 0 radical (unpaired) electrons. The van der Waals surface area contributed by atoms with Gasteiger partial charge < -0.3 is 5.32 Å². The van der Waals surface area contributed by atoms with Crippen molar-refractivity contribution in [2.75, 3.05) is 12.3 Å². The number of nitrogens with one attached hydrogen (secondary N) is 2. The number of hydrogen-bond acceptors (Lipinski definition) is 4. The molecule has 0 bridgehead atoms. The maximum absolute atomic E-state index is 11.8.